The third-order valence-electron chi connectivity index (χ3n) is 4.61. The zero-order chi connectivity index (χ0) is 20.3. The lowest BCUT2D eigenvalue weighted by Crippen LogP contribution is -2.43. The summed E-state index contributed by atoms with van der Waals surface area (Å²) in [6, 6.07) is 9.24. The van der Waals surface area contributed by atoms with E-state index in [1.807, 2.05) is 6.92 Å². The molecule has 0 bridgehead atoms. The van der Waals surface area contributed by atoms with Crippen LogP contribution in [0.2, 0.25) is 0 Å². The molecule has 2 aromatic rings. The quantitative estimate of drug-likeness (QED) is 0.764. The summed E-state index contributed by atoms with van der Waals surface area (Å²) in [4.78, 5) is 2.26. The summed E-state index contributed by atoms with van der Waals surface area (Å²) >= 11 is 0. The van der Waals surface area contributed by atoms with Gasteiger partial charge in [-0.25, -0.2) is 8.42 Å². The summed E-state index contributed by atoms with van der Waals surface area (Å²) in [7, 11) is -3.88. The van der Waals surface area contributed by atoms with Gasteiger partial charge < -0.3 is 15.0 Å². The Morgan fingerprint density at radius 3 is 2.43 bits per heavy atom. The van der Waals surface area contributed by atoms with Crippen molar-refractivity contribution < 1.29 is 21.9 Å². The number of hydrogen-bond acceptors (Lipinski definition) is 5. The monoisotopic (exact) mass is 411 g/mol. The molecule has 6 nitrogen and oxygen atoms in total. The fourth-order valence-corrected chi connectivity index (χ4v) is 4.17. The van der Waals surface area contributed by atoms with E-state index in [9.17, 15) is 17.2 Å². The summed E-state index contributed by atoms with van der Waals surface area (Å²) in [5.74, 6) is -0.0689. The van der Waals surface area contributed by atoms with Gasteiger partial charge in [0.25, 0.3) is 10.0 Å². The van der Waals surface area contributed by atoms with Crippen LogP contribution >= 0.6 is 0 Å². The predicted octanol–water partition coefficient (Wildman–Crippen LogP) is 3.12. The lowest BCUT2D eigenvalue weighted by molar-refractivity contribution is -0.0502. The van der Waals surface area contributed by atoms with E-state index in [1.165, 1.54) is 24.3 Å². The third-order valence-corrected chi connectivity index (χ3v) is 5.98. The summed E-state index contributed by atoms with van der Waals surface area (Å²) in [6.07, 6.45) is 0. The number of sulfonamides is 1. The van der Waals surface area contributed by atoms with E-state index in [-0.39, 0.29) is 16.3 Å². The molecule has 2 aromatic carbocycles. The van der Waals surface area contributed by atoms with Crippen LogP contribution in [0.4, 0.5) is 20.2 Å². The van der Waals surface area contributed by atoms with Gasteiger partial charge in [0.05, 0.1) is 10.6 Å². The Morgan fingerprint density at radius 2 is 1.75 bits per heavy atom. The summed E-state index contributed by atoms with van der Waals surface area (Å²) < 4.78 is 57.6. The summed E-state index contributed by atoms with van der Waals surface area (Å²) in [5.41, 5.74) is 2.50. The normalized spacial score (nSPS) is 15.0. The Labute approximate surface area is 163 Å². The van der Waals surface area contributed by atoms with Gasteiger partial charge in [-0.2, -0.15) is 8.78 Å². The smallest absolute Gasteiger partial charge is 0.387 e. The summed E-state index contributed by atoms with van der Waals surface area (Å²) in [5, 5.41) is 3.27. The van der Waals surface area contributed by atoms with Gasteiger partial charge in [0.2, 0.25) is 0 Å². The van der Waals surface area contributed by atoms with Gasteiger partial charge in [0, 0.05) is 37.9 Å². The molecule has 2 N–H and O–H groups in total. The van der Waals surface area contributed by atoms with E-state index < -0.39 is 16.6 Å². The number of rotatable bonds is 6. The van der Waals surface area contributed by atoms with E-state index in [0.29, 0.717) is 5.56 Å². The van der Waals surface area contributed by atoms with Crippen LogP contribution in [0.25, 0.3) is 0 Å². The molecule has 0 aromatic heterocycles. The molecule has 0 spiro atoms. The number of anilines is 2. The minimum Gasteiger partial charge on any atom is -0.434 e. The molecule has 28 heavy (non-hydrogen) atoms. The third kappa shape index (κ3) is 4.71. The van der Waals surface area contributed by atoms with Crippen molar-refractivity contribution >= 4 is 21.4 Å². The van der Waals surface area contributed by atoms with Crippen LogP contribution in [0.15, 0.2) is 41.3 Å². The molecular weight excluding hydrogens is 388 g/mol. The number of nitrogens with zero attached hydrogens (tertiary/aromatic N) is 1. The number of nitrogens with one attached hydrogen (secondary N) is 2. The first-order chi connectivity index (χ1) is 13.3. The van der Waals surface area contributed by atoms with Crippen LogP contribution in [0, 0.1) is 13.8 Å². The Bertz CT molecular complexity index is 945. The molecule has 1 heterocycles. The molecule has 3 rings (SSSR count). The summed E-state index contributed by atoms with van der Waals surface area (Å²) in [6.45, 7) is 3.83. The fraction of sp³-hybridized carbons (Fsp3) is 0.368. The minimum atomic E-state index is -3.88. The number of aryl methyl sites for hydroxylation is 2. The second-order valence-corrected chi connectivity index (χ2v) is 8.33. The molecule has 0 radical (unpaired) electrons. The zero-order valence-electron chi connectivity index (χ0n) is 15.7. The highest BCUT2D eigenvalue weighted by Crippen LogP contribution is 2.28. The van der Waals surface area contributed by atoms with Crippen molar-refractivity contribution in [2.75, 3.05) is 35.8 Å². The highest BCUT2D eigenvalue weighted by atomic mass is 32.2. The van der Waals surface area contributed by atoms with Gasteiger partial charge in [-0.15, -0.1) is 0 Å². The van der Waals surface area contributed by atoms with Crippen LogP contribution in [0.5, 0.6) is 5.75 Å². The Balaban J connectivity index is 1.87. The van der Waals surface area contributed by atoms with Crippen molar-refractivity contribution in [1.29, 1.82) is 0 Å². The number of ether oxygens (including phenoxy) is 1. The number of halogens is 2. The Morgan fingerprint density at radius 1 is 1.07 bits per heavy atom. The maximum atomic E-state index is 12.8. The SMILES string of the molecule is Cc1ccc(NS(=O)(=O)c2ccc(C)c(N3CCNCC3)c2)cc1OC(F)F. The highest BCUT2D eigenvalue weighted by molar-refractivity contribution is 7.92. The zero-order valence-corrected chi connectivity index (χ0v) is 16.5. The van der Waals surface area contributed by atoms with Gasteiger partial charge in [0.1, 0.15) is 5.75 Å². The van der Waals surface area contributed by atoms with Crippen molar-refractivity contribution in [3.8, 4) is 5.75 Å². The van der Waals surface area contributed by atoms with Gasteiger partial charge in [0.15, 0.2) is 0 Å². The molecule has 0 saturated carbocycles. The van der Waals surface area contributed by atoms with Crippen molar-refractivity contribution in [1.82, 2.24) is 5.32 Å². The number of benzene rings is 2. The molecular formula is C19H23F2N3O3S. The van der Waals surface area contributed by atoms with E-state index in [2.05, 4.69) is 19.7 Å². The van der Waals surface area contributed by atoms with Gasteiger partial charge >= 0.3 is 6.61 Å². The lowest BCUT2D eigenvalue weighted by Gasteiger charge is -2.31. The molecule has 0 unspecified atom stereocenters. The van der Waals surface area contributed by atoms with Crippen LogP contribution in [0.1, 0.15) is 11.1 Å². The minimum absolute atomic E-state index is 0.0689. The fourth-order valence-electron chi connectivity index (χ4n) is 3.10. The van der Waals surface area contributed by atoms with Crippen LogP contribution in [0.3, 0.4) is 0 Å². The van der Waals surface area contributed by atoms with Crippen molar-refractivity contribution in [2.45, 2.75) is 25.4 Å². The van der Waals surface area contributed by atoms with Crippen LogP contribution in [-0.2, 0) is 10.0 Å². The van der Waals surface area contributed by atoms with Crippen molar-refractivity contribution in [3.05, 3.63) is 47.5 Å². The van der Waals surface area contributed by atoms with Gasteiger partial charge in [-0.05, 0) is 43.2 Å². The molecule has 0 aliphatic carbocycles. The molecule has 152 valence electrons. The second kappa shape index (κ2) is 8.32. The molecule has 1 aliphatic rings. The maximum Gasteiger partial charge on any atom is 0.387 e. The number of alkyl halides is 2. The molecule has 0 atom stereocenters. The van der Waals surface area contributed by atoms with E-state index in [4.69, 9.17) is 0 Å². The van der Waals surface area contributed by atoms with Crippen LogP contribution in [-0.4, -0.2) is 41.2 Å². The standard InChI is InChI=1S/C19H23F2N3O3S/c1-13-4-6-16(12-17(13)24-9-7-22-8-10-24)28(25,26)23-15-5-3-14(2)18(11-15)27-19(20)21/h3-6,11-12,19,22-23H,7-10H2,1-2H3. The largest absolute Gasteiger partial charge is 0.434 e. The molecule has 0 amide bonds. The van der Waals surface area contributed by atoms with E-state index in [1.54, 1.807) is 19.1 Å². The average molecular weight is 411 g/mol. The first kappa shape index (κ1) is 20.3. The lowest BCUT2D eigenvalue weighted by atomic mass is 10.1. The van der Waals surface area contributed by atoms with Crippen molar-refractivity contribution in [2.24, 2.45) is 0 Å². The van der Waals surface area contributed by atoms with Gasteiger partial charge in [-0.3, -0.25) is 4.72 Å². The van der Waals surface area contributed by atoms with E-state index in [0.717, 1.165) is 37.4 Å². The van der Waals surface area contributed by atoms with E-state index >= 15 is 0 Å². The number of piperazine rings is 1. The molecule has 9 heteroatoms. The Hall–Kier alpha value is -2.39. The molecule has 1 fully saturated rings. The van der Waals surface area contributed by atoms with Crippen molar-refractivity contribution in [3.63, 3.8) is 0 Å². The predicted molar refractivity (Wildman–Crippen MR) is 105 cm³/mol. The topological polar surface area (TPSA) is 70.7 Å². The van der Waals surface area contributed by atoms with Crippen LogP contribution < -0.4 is 19.7 Å². The second-order valence-electron chi connectivity index (χ2n) is 6.65. The first-order valence-corrected chi connectivity index (χ1v) is 10.4. The first-order valence-electron chi connectivity index (χ1n) is 8.91. The average Bonchev–Trinajstić information content (AvgIpc) is 2.65. The molecule has 1 saturated heterocycles. The van der Waals surface area contributed by atoms with Gasteiger partial charge in [-0.1, -0.05) is 12.1 Å². The Kier molecular flexibility index (Phi) is 6.04. The molecule has 1 aliphatic heterocycles. The maximum absolute atomic E-state index is 12.8. The number of hydrogen-bond donors (Lipinski definition) is 2. The highest BCUT2D eigenvalue weighted by Gasteiger charge is 2.20.